The fourth-order valence-corrected chi connectivity index (χ4v) is 1.97. The number of aryl methyl sites for hydroxylation is 1. The topological polar surface area (TPSA) is 61.5 Å². The standard InChI is InChI=1S/C17H19NO3/c1-20-15-9-7-14(16(18)11-15)8-10-17(19)21-12-13-5-3-2-4-6-13/h2-7,9,11H,8,10,12,18H2,1H3. The highest BCUT2D eigenvalue weighted by molar-refractivity contribution is 5.70. The zero-order chi connectivity index (χ0) is 15.1. The van der Waals surface area contributed by atoms with E-state index in [1.54, 1.807) is 13.2 Å². The van der Waals surface area contributed by atoms with Gasteiger partial charge in [-0.2, -0.15) is 0 Å². The van der Waals surface area contributed by atoms with Gasteiger partial charge in [0, 0.05) is 18.2 Å². The van der Waals surface area contributed by atoms with Crippen LogP contribution in [0.25, 0.3) is 0 Å². The van der Waals surface area contributed by atoms with Crippen LogP contribution in [0.15, 0.2) is 48.5 Å². The van der Waals surface area contributed by atoms with Crippen molar-refractivity contribution >= 4 is 11.7 Å². The molecule has 21 heavy (non-hydrogen) atoms. The molecule has 0 saturated carbocycles. The van der Waals surface area contributed by atoms with Crippen LogP contribution in [-0.4, -0.2) is 13.1 Å². The lowest BCUT2D eigenvalue weighted by atomic mass is 10.1. The normalized spacial score (nSPS) is 10.1. The van der Waals surface area contributed by atoms with E-state index in [1.165, 1.54) is 0 Å². The first kappa shape index (κ1) is 14.9. The Balaban J connectivity index is 1.81. The molecule has 0 aliphatic carbocycles. The van der Waals surface area contributed by atoms with E-state index in [2.05, 4.69) is 0 Å². The molecule has 4 heteroatoms. The Labute approximate surface area is 124 Å². The van der Waals surface area contributed by atoms with Gasteiger partial charge in [0.1, 0.15) is 12.4 Å². The molecule has 0 heterocycles. The van der Waals surface area contributed by atoms with Crippen LogP contribution in [0.1, 0.15) is 17.5 Å². The van der Waals surface area contributed by atoms with Crippen molar-refractivity contribution in [2.45, 2.75) is 19.4 Å². The Bertz CT molecular complexity index is 596. The summed E-state index contributed by atoms with van der Waals surface area (Å²) in [4.78, 5) is 11.7. The second-order valence-electron chi connectivity index (χ2n) is 4.71. The number of benzene rings is 2. The zero-order valence-electron chi connectivity index (χ0n) is 12.0. The van der Waals surface area contributed by atoms with E-state index < -0.39 is 0 Å². The van der Waals surface area contributed by atoms with Gasteiger partial charge in [-0.1, -0.05) is 36.4 Å². The zero-order valence-corrected chi connectivity index (χ0v) is 12.0. The number of hydrogen-bond donors (Lipinski definition) is 1. The molecule has 0 aromatic heterocycles. The van der Waals surface area contributed by atoms with Gasteiger partial charge in [-0.05, 0) is 23.6 Å². The minimum absolute atomic E-state index is 0.228. The molecule has 0 fully saturated rings. The summed E-state index contributed by atoms with van der Waals surface area (Å²) in [6.07, 6.45) is 0.868. The summed E-state index contributed by atoms with van der Waals surface area (Å²) in [5, 5.41) is 0. The Morgan fingerprint density at radius 2 is 1.90 bits per heavy atom. The van der Waals surface area contributed by atoms with Crippen molar-refractivity contribution in [2.75, 3.05) is 12.8 Å². The summed E-state index contributed by atoms with van der Waals surface area (Å²) in [5.74, 6) is 0.483. The average molecular weight is 285 g/mol. The first-order valence-corrected chi connectivity index (χ1v) is 6.81. The van der Waals surface area contributed by atoms with Crippen molar-refractivity contribution in [1.29, 1.82) is 0 Å². The third-order valence-electron chi connectivity index (χ3n) is 3.19. The smallest absolute Gasteiger partial charge is 0.306 e. The lowest BCUT2D eigenvalue weighted by Gasteiger charge is -2.08. The van der Waals surface area contributed by atoms with E-state index in [4.69, 9.17) is 15.2 Å². The number of carbonyl (C=O) groups excluding carboxylic acids is 1. The molecule has 2 N–H and O–H groups in total. The highest BCUT2D eigenvalue weighted by atomic mass is 16.5. The van der Waals surface area contributed by atoms with Gasteiger partial charge < -0.3 is 15.2 Å². The Morgan fingerprint density at radius 3 is 2.57 bits per heavy atom. The fourth-order valence-electron chi connectivity index (χ4n) is 1.97. The first-order chi connectivity index (χ1) is 10.2. The predicted octanol–water partition coefficient (Wildman–Crippen LogP) is 2.95. The fraction of sp³-hybridized carbons (Fsp3) is 0.235. The molecule has 0 atom stereocenters. The summed E-state index contributed by atoms with van der Waals surface area (Å²) in [6, 6.07) is 15.1. The molecule has 110 valence electrons. The Morgan fingerprint density at radius 1 is 1.14 bits per heavy atom. The van der Waals surface area contributed by atoms with Crippen molar-refractivity contribution in [1.82, 2.24) is 0 Å². The SMILES string of the molecule is COc1ccc(CCC(=O)OCc2ccccc2)c(N)c1. The van der Waals surface area contributed by atoms with Crippen molar-refractivity contribution < 1.29 is 14.3 Å². The van der Waals surface area contributed by atoms with Crippen molar-refractivity contribution in [3.63, 3.8) is 0 Å². The predicted molar refractivity (Wildman–Crippen MR) is 82.0 cm³/mol. The monoisotopic (exact) mass is 285 g/mol. The van der Waals surface area contributed by atoms with Gasteiger partial charge in [0.05, 0.1) is 7.11 Å². The molecule has 0 spiro atoms. The van der Waals surface area contributed by atoms with Gasteiger partial charge in [0.15, 0.2) is 0 Å². The van der Waals surface area contributed by atoms with E-state index in [9.17, 15) is 4.79 Å². The number of nitrogens with two attached hydrogens (primary N) is 1. The van der Waals surface area contributed by atoms with E-state index in [0.29, 0.717) is 30.9 Å². The summed E-state index contributed by atoms with van der Waals surface area (Å²) in [5.41, 5.74) is 8.45. The van der Waals surface area contributed by atoms with Gasteiger partial charge in [-0.3, -0.25) is 4.79 Å². The average Bonchev–Trinajstić information content (AvgIpc) is 2.52. The molecule has 0 bridgehead atoms. The van der Waals surface area contributed by atoms with Crippen LogP contribution >= 0.6 is 0 Å². The Hall–Kier alpha value is -2.49. The quantitative estimate of drug-likeness (QED) is 0.654. The van der Waals surface area contributed by atoms with Crippen molar-refractivity contribution in [2.24, 2.45) is 0 Å². The summed E-state index contributed by atoms with van der Waals surface area (Å²) >= 11 is 0. The molecule has 2 aromatic rings. The molecule has 2 rings (SSSR count). The van der Waals surface area contributed by atoms with E-state index >= 15 is 0 Å². The van der Waals surface area contributed by atoms with Gasteiger partial charge in [-0.15, -0.1) is 0 Å². The molecule has 0 saturated heterocycles. The number of anilines is 1. The maximum atomic E-state index is 11.7. The molecular formula is C17H19NO3. The van der Waals surface area contributed by atoms with E-state index in [-0.39, 0.29) is 5.97 Å². The number of ether oxygens (including phenoxy) is 2. The van der Waals surface area contributed by atoms with Crippen LogP contribution in [0.2, 0.25) is 0 Å². The largest absolute Gasteiger partial charge is 0.497 e. The second-order valence-corrected chi connectivity index (χ2v) is 4.71. The number of esters is 1. The minimum Gasteiger partial charge on any atom is -0.497 e. The number of nitrogen functional groups attached to an aromatic ring is 1. The molecular weight excluding hydrogens is 266 g/mol. The van der Waals surface area contributed by atoms with Crippen molar-refractivity contribution in [3.8, 4) is 5.75 Å². The highest BCUT2D eigenvalue weighted by Gasteiger charge is 2.07. The molecule has 0 unspecified atom stereocenters. The molecule has 0 aliphatic rings. The lowest BCUT2D eigenvalue weighted by Crippen LogP contribution is -2.07. The maximum Gasteiger partial charge on any atom is 0.306 e. The summed E-state index contributed by atoms with van der Waals surface area (Å²) in [6.45, 7) is 0.303. The third kappa shape index (κ3) is 4.53. The number of rotatable bonds is 6. The van der Waals surface area contributed by atoms with Crippen LogP contribution in [0.5, 0.6) is 5.75 Å². The van der Waals surface area contributed by atoms with Crippen LogP contribution in [0.4, 0.5) is 5.69 Å². The van der Waals surface area contributed by atoms with Crippen LogP contribution < -0.4 is 10.5 Å². The molecule has 4 nitrogen and oxygen atoms in total. The summed E-state index contributed by atoms with van der Waals surface area (Å²) in [7, 11) is 1.59. The third-order valence-corrected chi connectivity index (χ3v) is 3.19. The molecule has 0 amide bonds. The minimum atomic E-state index is -0.228. The second kappa shape index (κ2) is 7.33. The summed E-state index contributed by atoms with van der Waals surface area (Å²) < 4.78 is 10.3. The first-order valence-electron chi connectivity index (χ1n) is 6.81. The highest BCUT2D eigenvalue weighted by Crippen LogP contribution is 2.20. The van der Waals surface area contributed by atoms with Crippen LogP contribution in [0, 0.1) is 0 Å². The molecule has 0 radical (unpaired) electrons. The number of methoxy groups -OCH3 is 1. The van der Waals surface area contributed by atoms with Gasteiger partial charge in [-0.25, -0.2) is 0 Å². The van der Waals surface area contributed by atoms with Crippen molar-refractivity contribution in [3.05, 3.63) is 59.7 Å². The van der Waals surface area contributed by atoms with E-state index in [1.807, 2.05) is 42.5 Å². The van der Waals surface area contributed by atoms with Gasteiger partial charge in [0.2, 0.25) is 0 Å². The Kier molecular flexibility index (Phi) is 5.21. The molecule has 2 aromatic carbocycles. The van der Waals surface area contributed by atoms with Crippen LogP contribution in [-0.2, 0) is 22.6 Å². The number of carbonyl (C=O) groups is 1. The van der Waals surface area contributed by atoms with Crippen LogP contribution in [0.3, 0.4) is 0 Å². The van der Waals surface area contributed by atoms with Gasteiger partial charge in [0.25, 0.3) is 0 Å². The maximum absolute atomic E-state index is 11.7. The van der Waals surface area contributed by atoms with Gasteiger partial charge >= 0.3 is 5.97 Å². The molecule has 0 aliphatic heterocycles. The van der Waals surface area contributed by atoms with E-state index in [0.717, 1.165) is 11.1 Å². The lowest BCUT2D eigenvalue weighted by molar-refractivity contribution is -0.144. The number of hydrogen-bond acceptors (Lipinski definition) is 4.